The summed E-state index contributed by atoms with van der Waals surface area (Å²) in [6, 6.07) is 0. The van der Waals surface area contributed by atoms with Gasteiger partial charge in [-0.15, -0.1) is 0 Å². The van der Waals surface area contributed by atoms with Crippen molar-refractivity contribution < 1.29 is 9.53 Å². The topological polar surface area (TPSA) is 32.2 Å². The van der Waals surface area contributed by atoms with Gasteiger partial charge in [-0.2, -0.15) is 4.79 Å². The molecule has 0 aliphatic rings. The third-order valence-electron chi connectivity index (χ3n) is 0.406. The lowest BCUT2D eigenvalue weighted by Gasteiger charge is -1.88. The monoisotopic (exact) mass is 157 g/mol. The number of halogens is 2. The van der Waals surface area contributed by atoms with Crippen LogP contribution in [0.5, 0.6) is 0 Å². The predicted molar refractivity (Wildman–Crippen MR) is 30.9 cm³/mol. The van der Waals surface area contributed by atoms with E-state index in [9.17, 15) is 4.79 Å². The van der Waals surface area contributed by atoms with Gasteiger partial charge in [-0.1, -0.05) is 0 Å². The van der Waals surface area contributed by atoms with E-state index in [4.69, 9.17) is 23.6 Å². The molecule has 1 radical (unpaired) electrons. The first-order chi connectivity index (χ1) is 3.68. The van der Waals surface area contributed by atoms with Gasteiger partial charge in [0, 0.05) is 0 Å². The molecule has 0 aliphatic carbocycles. The minimum atomic E-state index is -0.754. The van der Waals surface area contributed by atoms with Crippen molar-refractivity contribution in [2.24, 2.45) is 0 Å². The zero-order valence-electron chi connectivity index (χ0n) is 4.23. The van der Waals surface area contributed by atoms with Gasteiger partial charge in [-0.05, 0) is 6.92 Å². The first-order valence-corrected chi connectivity index (χ1v) is 2.64. The summed E-state index contributed by atoms with van der Waals surface area (Å²) in [5.74, 6) is 0. The van der Waals surface area contributed by atoms with Crippen LogP contribution in [0.15, 0.2) is 0 Å². The molecule has 0 fully saturated rings. The summed E-state index contributed by atoms with van der Waals surface area (Å²) in [6.07, 6.45) is -0.754. The van der Waals surface area contributed by atoms with Gasteiger partial charge in [0.15, 0.2) is 3.94 Å². The molecule has 0 aromatic carbocycles. The van der Waals surface area contributed by atoms with Crippen molar-refractivity contribution in [3.63, 3.8) is 0 Å². The highest BCUT2D eigenvalue weighted by Gasteiger charge is 2.25. The van der Waals surface area contributed by atoms with Gasteiger partial charge in [0.25, 0.3) is 23.6 Å². The molecule has 0 aliphatic heterocycles. The van der Waals surface area contributed by atoms with Crippen molar-refractivity contribution in [2.45, 2.75) is 6.92 Å². The van der Waals surface area contributed by atoms with E-state index in [0.29, 0.717) is 3.94 Å². The summed E-state index contributed by atoms with van der Waals surface area (Å²) >= 11 is 9.86. The second-order valence-electron chi connectivity index (χ2n) is 0.932. The molecule has 0 spiro atoms. The molecule has 0 N–H and O–H groups in total. The molecule has 1 amide bonds. The minimum Gasteiger partial charge on any atom is -0.414 e. The van der Waals surface area contributed by atoms with Crippen LogP contribution in [-0.4, -0.2) is 12.7 Å². The maximum Gasteiger partial charge on any atom is 0.609 e. The molecule has 0 aromatic rings. The average molecular weight is 158 g/mol. The number of carbonyl (C=O) groups excluding carboxylic acids is 1. The lowest BCUT2D eigenvalue weighted by atomic mass is 10.9. The van der Waals surface area contributed by atoms with Crippen molar-refractivity contribution in [2.75, 3.05) is 6.61 Å². The van der Waals surface area contributed by atoms with Crippen LogP contribution < -0.4 is 3.94 Å². The molecule has 0 atom stereocenters. The smallest absolute Gasteiger partial charge is 0.414 e. The van der Waals surface area contributed by atoms with E-state index in [1.54, 1.807) is 6.92 Å². The third-order valence-corrected chi connectivity index (χ3v) is 0.682. The lowest BCUT2D eigenvalue weighted by Crippen LogP contribution is -2.17. The molecule has 0 saturated heterocycles. The molecule has 0 heterocycles. The predicted octanol–water partition coefficient (Wildman–Crippen LogP) is 1.59. The zero-order chi connectivity index (χ0) is 6.57. The Labute approximate surface area is 57.3 Å². The van der Waals surface area contributed by atoms with E-state index in [1.807, 2.05) is 0 Å². The van der Waals surface area contributed by atoms with E-state index in [1.165, 1.54) is 0 Å². The average Bonchev–Trinajstić information content (AvgIpc) is 1.67. The van der Waals surface area contributed by atoms with Crippen molar-refractivity contribution >= 4 is 29.6 Å². The number of amides is 1. The number of carbonyl (C=O) groups is 1. The summed E-state index contributed by atoms with van der Waals surface area (Å²) in [4.78, 5) is 10.2. The number of hydrogen-bond donors (Lipinski definition) is 0. The molecular weight excluding hydrogens is 153 g/mol. The van der Waals surface area contributed by atoms with Gasteiger partial charge in [-0.25, -0.2) is 0 Å². The summed E-state index contributed by atoms with van der Waals surface area (Å²) in [5, 5.41) is 0. The van der Waals surface area contributed by atoms with Gasteiger partial charge >= 0.3 is 6.09 Å². The summed E-state index contributed by atoms with van der Waals surface area (Å²) in [6.45, 7) is 1.93. The van der Waals surface area contributed by atoms with Crippen LogP contribution in [0.1, 0.15) is 6.92 Å². The highest BCUT2D eigenvalue weighted by molar-refractivity contribution is 6.44. The number of ether oxygens (including phenoxy) is 1. The molecule has 47 valence electrons. The Morgan fingerprint density at radius 1 is 1.75 bits per heavy atom. The molecule has 0 saturated carbocycles. The Bertz CT molecular complexity index is 85.4. The van der Waals surface area contributed by atoms with Gasteiger partial charge in [0.05, 0.1) is 6.61 Å². The SMILES string of the molecule is CCOC(=O)[N+](Cl)Cl. The maximum absolute atomic E-state index is 10.2. The first kappa shape index (κ1) is 8.01. The van der Waals surface area contributed by atoms with Crippen molar-refractivity contribution in [1.82, 2.24) is 3.94 Å². The molecule has 0 rings (SSSR count). The fourth-order valence-corrected chi connectivity index (χ4v) is 0.270. The van der Waals surface area contributed by atoms with E-state index in [2.05, 4.69) is 4.74 Å². The van der Waals surface area contributed by atoms with Crippen LogP contribution in [0.2, 0.25) is 0 Å². The summed E-state index contributed by atoms with van der Waals surface area (Å²) < 4.78 is 4.66. The Hall–Kier alpha value is 0.01000. The van der Waals surface area contributed by atoms with E-state index >= 15 is 0 Å². The second-order valence-corrected chi connectivity index (χ2v) is 1.78. The van der Waals surface area contributed by atoms with Crippen molar-refractivity contribution in [3.8, 4) is 0 Å². The second kappa shape index (κ2) is 3.95. The Morgan fingerprint density at radius 3 is 2.38 bits per heavy atom. The Balaban J connectivity index is 3.33. The largest absolute Gasteiger partial charge is 0.609 e. The maximum atomic E-state index is 10.2. The highest BCUT2D eigenvalue weighted by atomic mass is 35.5. The van der Waals surface area contributed by atoms with Crippen LogP contribution in [0, 0.1) is 0 Å². The van der Waals surface area contributed by atoms with E-state index < -0.39 is 6.09 Å². The molecule has 0 aromatic heterocycles. The van der Waals surface area contributed by atoms with Crippen LogP contribution in [0.4, 0.5) is 4.79 Å². The molecule has 0 unspecified atom stereocenters. The van der Waals surface area contributed by atoms with Crippen LogP contribution in [0.25, 0.3) is 0 Å². The molecule has 3 nitrogen and oxygen atoms in total. The standard InChI is InChI=1S/C3H5Cl2NO2/c1-2-8-3(7)6(4)5/h2H2,1H3/q+1. The molecule has 0 bridgehead atoms. The van der Waals surface area contributed by atoms with Crippen molar-refractivity contribution in [3.05, 3.63) is 0 Å². The summed E-state index contributed by atoms with van der Waals surface area (Å²) in [5.41, 5.74) is 0. The van der Waals surface area contributed by atoms with Gasteiger partial charge in [0.1, 0.15) is 0 Å². The normalized spacial score (nSPS) is 9.50. The third kappa shape index (κ3) is 3.07. The Morgan fingerprint density at radius 2 is 2.25 bits per heavy atom. The fourth-order valence-electron chi connectivity index (χ4n) is 0.172. The first-order valence-electron chi connectivity index (χ1n) is 1.97. The van der Waals surface area contributed by atoms with Crippen molar-refractivity contribution in [1.29, 1.82) is 0 Å². The van der Waals surface area contributed by atoms with Gasteiger partial charge in [-0.3, -0.25) is 0 Å². The zero-order valence-corrected chi connectivity index (χ0v) is 5.74. The van der Waals surface area contributed by atoms with Gasteiger partial charge < -0.3 is 4.74 Å². The highest BCUT2D eigenvalue weighted by Crippen LogP contribution is 1.96. The van der Waals surface area contributed by atoms with Crippen LogP contribution in [0.3, 0.4) is 0 Å². The molecular formula is C3H5Cl2NO2+. The summed E-state index contributed by atoms with van der Waals surface area (Å²) in [7, 11) is 0. The van der Waals surface area contributed by atoms with Crippen LogP contribution >= 0.6 is 23.6 Å². The van der Waals surface area contributed by atoms with Crippen LogP contribution in [-0.2, 0) is 4.74 Å². The lowest BCUT2D eigenvalue weighted by molar-refractivity contribution is 0.154. The van der Waals surface area contributed by atoms with E-state index in [0.717, 1.165) is 0 Å². The van der Waals surface area contributed by atoms with E-state index in [-0.39, 0.29) is 6.61 Å². The fraction of sp³-hybridized carbons (Fsp3) is 0.667. The number of nitrogens with zero attached hydrogens (tertiary/aromatic N) is 1. The van der Waals surface area contributed by atoms with Gasteiger partial charge in [0.2, 0.25) is 0 Å². The quantitative estimate of drug-likeness (QED) is 0.542. The number of rotatable bonds is 1. The Kier molecular flexibility index (Phi) is 3.95. The number of hydrogen-bond acceptors (Lipinski definition) is 2. The molecule has 8 heavy (non-hydrogen) atoms. The minimum absolute atomic E-state index is 0.273. The molecule has 5 heteroatoms.